The van der Waals surface area contributed by atoms with Crippen LogP contribution in [-0.2, 0) is 16.2 Å². The molecule has 0 unspecified atom stereocenters. The van der Waals surface area contributed by atoms with E-state index in [0.29, 0.717) is 23.7 Å². The van der Waals surface area contributed by atoms with Crippen molar-refractivity contribution in [1.82, 2.24) is 10.7 Å². The average Bonchev–Trinajstić information content (AvgIpc) is 2.81. The van der Waals surface area contributed by atoms with E-state index in [4.69, 9.17) is 9.47 Å². The van der Waals surface area contributed by atoms with E-state index in [2.05, 4.69) is 31.8 Å². The first-order chi connectivity index (χ1) is 16.0. The molecular weight excluding hydrogens is 486 g/mol. The van der Waals surface area contributed by atoms with Crippen LogP contribution in [0.4, 0.5) is 0 Å². The Bertz CT molecular complexity index is 1120. The van der Waals surface area contributed by atoms with E-state index in [1.807, 2.05) is 73.7 Å². The van der Waals surface area contributed by atoms with Crippen LogP contribution >= 0.6 is 15.9 Å². The zero-order chi connectivity index (χ0) is 23.5. The van der Waals surface area contributed by atoms with Gasteiger partial charge in [0, 0.05) is 10.0 Å². The summed E-state index contributed by atoms with van der Waals surface area (Å²) < 4.78 is 12.1. The molecule has 0 aliphatic heterocycles. The van der Waals surface area contributed by atoms with Crippen LogP contribution in [0, 0.1) is 6.92 Å². The second-order valence-corrected chi connectivity index (χ2v) is 8.05. The number of carbonyl (C=O) groups is 2. The fraction of sp³-hybridized carbons (Fsp3) is 0.160. The van der Waals surface area contributed by atoms with Crippen LogP contribution in [0.5, 0.6) is 11.5 Å². The van der Waals surface area contributed by atoms with Gasteiger partial charge in [0.15, 0.2) is 6.61 Å². The first kappa shape index (κ1) is 24.0. The zero-order valence-electron chi connectivity index (χ0n) is 18.1. The van der Waals surface area contributed by atoms with Crippen molar-refractivity contribution in [2.24, 2.45) is 5.10 Å². The summed E-state index contributed by atoms with van der Waals surface area (Å²) >= 11 is 3.43. The van der Waals surface area contributed by atoms with Gasteiger partial charge < -0.3 is 14.8 Å². The van der Waals surface area contributed by atoms with Crippen LogP contribution in [0.1, 0.15) is 16.7 Å². The minimum atomic E-state index is -0.461. The van der Waals surface area contributed by atoms with Crippen LogP contribution < -0.4 is 20.2 Å². The lowest BCUT2D eigenvalue weighted by atomic mass is 10.2. The molecule has 0 heterocycles. The summed E-state index contributed by atoms with van der Waals surface area (Å²) in [5, 5.41) is 6.46. The Morgan fingerprint density at radius 2 is 1.79 bits per heavy atom. The van der Waals surface area contributed by atoms with Gasteiger partial charge in [-0.15, -0.1) is 0 Å². The Labute approximate surface area is 200 Å². The van der Waals surface area contributed by atoms with Gasteiger partial charge in [-0.25, -0.2) is 5.43 Å². The fourth-order valence-electron chi connectivity index (χ4n) is 2.78. The average molecular weight is 510 g/mol. The highest BCUT2D eigenvalue weighted by Crippen LogP contribution is 2.22. The van der Waals surface area contributed by atoms with Gasteiger partial charge in [0.2, 0.25) is 0 Å². The third kappa shape index (κ3) is 8.42. The summed E-state index contributed by atoms with van der Waals surface area (Å²) in [5.41, 5.74) is 5.16. The van der Waals surface area contributed by atoms with Gasteiger partial charge in [-0.3, -0.25) is 9.59 Å². The van der Waals surface area contributed by atoms with Crippen LogP contribution in [0.2, 0.25) is 0 Å². The van der Waals surface area contributed by atoms with E-state index in [1.54, 1.807) is 6.07 Å². The molecule has 0 aliphatic carbocycles. The lowest BCUT2D eigenvalue weighted by Gasteiger charge is -2.10. The molecule has 0 radical (unpaired) electrons. The first-order valence-electron chi connectivity index (χ1n) is 10.2. The number of hydrogen-bond acceptors (Lipinski definition) is 5. The largest absolute Gasteiger partial charge is 0.488 e. The molecule has 2 amide bonds. The number of rotatable bonds is 10. The molecule has 0 bridgehead atoms. The highest BCUT2D eigenvalue weighted by molar-refractivity contribution is 9.10. The van der Waals surface area contributed by atoms with E-state index in [0.717, 1.165) is 15.6 Å². The number of benzene rings is 3. The number of carbonyl (C=O) groups excluding carboxylic acids is 2. The smallest absolute Gasteiger partial charge is 0.259 e. The van der Waals surface area contributed by atoms with Crippen molar-refractivity contribution in [2.45, 2.75) is 13.5 Å². The van der Waals surface area contributed by atoms with Gasteiger partial charge in [-0.05, 0) is 48.4 Å². The number of nitrogens with one attached hydrogen (secondary N) is 2. The molecule has 33 heavy (non-hydrogen) atoms. The van der Waals surface area contributed by atoms with E-state index < -0.39 is 11.8 Å². The van der Waals surface area contributed by atoms with Gasteiger partial charge in [0.1, 0.15) is 18.1 Å². The summed E-state index contributed by atoms with van der Waals surface area (Å²) in [6.45, 7) is 1.94. The highest BCUT2D eigenvalue weighted by Gasteiger charge is 2.07. The second-order valence-electron chi connectivity index (χ2n) is 7.13. The molecule has 3 aromatic carbocycles. The molecule has 0 saturated heterocycles. The predicted molar refractivity (Wildman–Crippen MR) is 130 cm³/mol. The number of hydrazone groups is 1. The summed E-state index contributed by atoms with van der Waals surface area (Å²) in [4.78, 5) is 23.9. The Morgan fingerprint density at radius 3 is 2.58 bits per heavy atom. The minimum Gasteiger partial charge on any atom is -0.488 e. The molecule has 3 aromatic rings. The van der Waals surface area contributed by atoms with Crippen molar-refractivity contribution < 1.29 is 19.1 Å². The van der Waals surface area contributed by atoms with Gasteiger partial charge in [-0.2, -0.15) is 5.10 Å². The second kappa shape index (κ2) is 12.4. The summed E-state index contributed by atoms with van der Waals surface area (Å²) in [7, 11) is 0. The van der Waals surface area contributed by atoms with Crippen LogP contribution in [-0.4, -0.2) is 31.2 Å². The maximum atomic E-state index is 12.0. The van der Waals surface area contributed by atoms with Crippen LogP contribution in [0.15, 0.2) is 82.4 Å². The van der Waals surface area contributed by atoms with Crippen molar-refractivity contribution in [1.29, 1.82) is 0 Å². The minimum absolute atomic E-state index is 0.180. The molecule has 0 aliphatic rings. The number of nitrogens with zero attached hydrogens (tertiary/aromatic N) is 1. The van der Waals surface area contributed by atoms with E-state index in [1.165, 1.54) is 6.21 Å². The van der Waals surface area contributed by atoms with E-state index >= 15 is 0 Å². The molecule has 0 spiro atoms. The zero-order valence-corrected chi connectivity index (χ0v) is 19.7. The number of halogens is 1. The maximum absolute atomic E-state index is 12.0. The van der Waals surface area contributed by atoms with Crippen molar-refractivity contribution in [3.05, 3.63) is 94.0 Å². The molecule has 7 nitrogen and oxygen atoms in total. The summed E-state index contributed by atoms with van der Waals surface area (Å²) in [6.07, 6.45) is 1.49. The molecule has 0 atom stereocenters. The third-order valence-electron chi connectivity index (χ3n) is 4.41. The summed E-state index contributed by atoms with van der Waals surface area (Å²) in [6, 6.07) is 22.7. The predicted octanol–water partition coefficient (Wildman–Crippen LogP) is 3.98. The Kier molecular flexibility index (Phi) is 9.02. The lowest BCUT2D eigenvalue weighted by Crippen LogP contribution is -2.37. The molecule has 3 rings (SSSR count). The normalized spacial score (nSPS) is 10.6. The number of hydrogen-bond donors (Lipinski definition) is 2. The van der Waals surface area contributed by atoms with Gasteiger partial charge in [-0.1, -0.05) is 58.4 Å². The molecule has 2 N–H and O–H groups in total. The first-order valence-corrected chi connectivity index (χ1v) is 11.0. The Hall–Kier alpha value is -3.65. The quantitative estimate of drug-likeness (QED) is 0.319. The van der Waals surface area contributed by atoms with Gasteiger partial charge in [0.05, 0.1) is 12.8 Å². The van der Waals surface area contributed by atoms with E-state index in [-0.39, 0.29) is 13.2 Å². The number of aryl methyl sites for hydroxylation is 1. The number of ether oxygens (including phenoxy) is 2. The van der Waals surface area contributed by atoms with Crippen molar-refractivity contribution >= 4 is 34.0 Å². The SMILES string of the molecule is Cc1cccc(OCC(=O)NCC(=O)N/N=C/c2cc(Br)ccc2OCc2ccccc2)c1. The topological polar surface area (TPSA) is 89.0 Å². The monoisotopic (exact) mass is 509 g/mol. The molecule has 0 fully saturated rings. The van der Waals surface area contributed by atoms with Crippen molar-refractivity contribution in [3.63, 3.8) is 0 Å². The number of amides is 2. The Balaban J connectivity index is 1.45. The highest BCUT2D eigenvalue weighted by atomic mass is 79.9. The fourth-order valence-corrected chi connectivity index (χ4v) is 3.16. The molecule has 0 aromatic heterocycles. The van der Waals surface area contributed by atoms with Crippen molar-refractivity contribution in [3.8, 4) is 11.5 Å². The molecule has 8 heteroatoms. The van der Waals surface area contributed by atoms with Gasteiger partial charge in [0.25, 0.3) is 11.8 Å². The van der Waals surface area contributed by atoms with Crippen molar-refractivity contribution in [2.75, 3.05) is 13.2 Å². The standard InChI is InChI=1S/C25H24BrN3O4/c1-18-6-5-9-22(12-18)32-17-25(31)27-15-24(30)29-28-14-20-13-21(26)10-11-23(20)33-16-19-7-3-2-4-8-19/h2-14H,15-17H2,1H3,(H,27,31)(H,29,30)/b28-14+. The Morgan fingerprint density at radius 1 is 0.970 bits per heavy atom. The van der Waals surface area contributed by atoms with Gasteiger partial charge >= 0.3 is 0 Å². The summed E-state index contributed by atoms with van der Waals surface area (Å²) in [5.74, 6) is 0.358. The molecule has 0 saturated carbocycles. The van der Waals surface area contributed by atoms with E-state index in [9.17, 15) is 9.59 Å². The molecule has 170 valence electrons. The molecular formula is C25H24BrN3O4. The lowest BCUT2D eigenvalue weighted by molar-refractivity contribution is -0.127. The maximum Gasteiger partial charge on any atom is 0.259 e. The van der Waals surface area contributed by atoms with Crippen LogP contribution in [0.25, 0.3) is 0 Å². The van der Waals surface area contributed by atoms with Crippen LogP contribution in [0.3, 0.4) is 0 Å². The third-order valence-corrected chi connectivity index (χ3v) is 4.90.